The van der Waals surface area contributed by atoms with Crippen LogP contribution < -0.4 is 5.32 Å². The summed E-state index contributed by atoms with van der Waals surface area (Å²) in [6, 6.07) is 0. The number of nitrogens with one attached hydrogen (secondary N) is 1. The summed E-state index contributed by atoms with van der Waals surface area (Å²) >= 11 is 0. The van der Waals surface area contributed by atoms with Crippen LogP contribution in [0.3, 0.4) is 0 Å². The molecule has 1 N–H and O–H groups in total. The highest BCUT2D eigenvalue weighted by Gasteiger charge is 2.27. The van der Waals surface area contributed by atoms with E-state index in [0.29, 0.717) is 6.54 Å². The molecule has 13 heavy (non-hydrogen) atoms. The molecule has 0 aromatic heterocycles. The monoisotopic (exact) mass is 199 g/mol. The van der Waals surface area contributed by atoms with E-state index in [1.54, 1.807) is 0 Å². The number of hydrogen-bond donors (Lipinski definition) is 1. The Labute approximate surface area is 74.2 Å². The Morgan fingerprint density at radius 1 is 1.38 bits per heavy atom. The van der Waals surface area contributed by atoms with Gasteiger partial charge in [0.05, 0.1) is 6.10 Å². The zero-order valence-electron chi connectivity index (χ0n) is 7.06. The van der Waals surface area contributed by atoms with E-state index in [0.717, 1.165) is 13.0 Å². The summed E-state index contributed by atoms with van der Waals surface area (Å²) in [5.41, 5.74) is 0. The summed E-state index contributed by atoms with van der Waals surface area (Å²) in [6.07, 6.45) is -3.44. The standard InChI is InChI=1S/C7H12F3NO2/c8-7(9,10)4-12-5-13-6-1-2-11-3-6/h6,11H,1-5H2. The van der Waals surface area contributed by atoms with Crippen molar-refractivity contribution in [1.82, 2.24) is 5.32 Å². The first kappa shape index (κ1) is 10.7. The first-order valence-electron chi connectivity index (χ1n) is 4.05. The predicted molar refractivity (Wildman–Crippen MR) is 39.2 cm³/mol. The van der Waals surface area contributed by atoms with Crippen LogP contribution in [0, 0.1) is 0 Å². The van der Waals surface area contributed by atoms with Crippen molar-refractivity contribution in [1.29, 1.82) is 0 Å². The quantitative estimate of drug-likeness (QED) is 0.539. The first-order valence-corrected chi connectivity index (χ1v) is 4.05. The molecule has 78 valence electrons. The molecule has 1 atom stereocenters. The second-order valence-electron chi connectivity index (χ2n) is 2.86. The van der Waals surface area contributed by atoms with Crippen LogP contribution in [0.5, 0.6) is 0 Å². The van der Waals surface area contributed by atoms with Gasteiger partial charge in [0.25, 0.3) is 0 Å². The maximum atomic E-state index is 11.6. The average molecular weight is 199 g/mol. The number of halogens is 3. The molecular weight excluding hydrogens is 187 g/mol. The van der Waals surface area contributed by atoms with Gasteiger partial charge in [-0.2, -0.15) is 13.2 Å². The fourth-order valence-corrected chi connectivity index (χ4v) is 1.07. The molecule has 0 aromatic carbocycles. The highest BCUT2D eigenvalue weighted by Crippen LogP contribution is 2.14. The maximum absolute atomic E-state index is 11.6. The van der Waals surface area contributed by atoms with E-state index in [2.05, 4.69) is 10.1 Å². The lowest BCUT2D eigenvalue weighted by molar-refractivity contribution is -0.201. The van der Waals surface area contributed by atoms with Crippen LogP contribution in [-0.4, -0.2) is 38.8 Å². The van der Waals surface area contributed by atoms with Crippen LogP contribution >= 0.6 is 0 Å². The minimum atomic E-state index is -4.27. The third-order valence-electron chi connectivity index (χ3n) is 1.67. The normalized spacial score (nSPS) is 23.8. The van der Waals surface area contributed by atoms with Gasteiger partial charge < -0.3 is 14.8 Å². The van der Waals surface area contributed by atoms with Crippen LogP contribution in [0.4, 0.5) is 13.2 Å². The van der Waals surface area contributed by atoms with E-state index >= 15 is 0 Å². The van der Waals surface area contributed by atoms with E-state index < -0.39 is 12.8 Å². The first-order chi connectivity index (χ1) is 6.08. The highest BCUT2D eigenvalue weighted by molar-refractivity contribution is 4.70. The summed E-state index contributed by atoms with van der Waals surface area (Å²) in [6.45, 7) is 0.0122. The van der Waals surface area contributed by atoms with Gasteiger partial charge in [-0.3, -0.25) is 0 Å². The SMILES string of the molecule is FC(F)(F)COCOC1CCNC1. The van der Waals surface area contributed by atoms with Gasteiger partial charge in [-0.15, -0.1) is 0 Å². The smallest absolute Gasteiger partial charge is 0.351 e. The second-order valence-corrected chi connectivity index (χ2v) is 2.86. The highest BCUT2D eigenvalue weighted by atomic mass is 19.4. The predicted octanol–water partition coefficient (Wildman–Crippen LogP) is 0.901. The van der Waals surface area contributed by atoms with Gasteiger partial charge in [0, 0.05) is 6.54 Å². The van der Waals surface area contributed by atoms with E-state index in [1.165, 1.54) is 0 Å². The molecule has 0 radical (unpaired) electrons. The molecule has 0 spiro atoms. The lowest BCUT2D eigenvalue weighted by Gasteiger charge is -2.11. The third-order valence-corrected chi connectivity index (χ3v) is 1.67. The molecule has 1 aliphatic heterocycles. The largest absolute Gasteiger partial charge is 0.411 e. The Bertz CT molecular complexity index is 145. The zero-order chi connectivity index (χ0) is 9.73. The number of alkyl halides is 3. The van der Waals surface area contributed by atoms with Crippen molar-refractivity contribution in [2.75, 3.05) is 26.5 Å². The summed E-state index contributed by atoms with van der Waals surface area (Å²) in [7, 11) is 0. The number of ether oxygens (including phenoxy) is 2. The molecule has 1 unspecified atom stereocenters. The fourth-order valence-electron chi connectivity index (χ4n) is 1.07. The molecule has 1 heterocycles. The molecular formula is C7H12F3NO2. The minimum absolute atomic E-state index is 0.00627. The van der Waals surface area contributed by atoms with Crippen molar-refractivity contribution < 1.29 is 22.6 Å². The van der Waals surface area contributed by atoms with E-state index in [9.17, 15) is 13.2 Å². The Balaban J connectivity index is 1.94. The van der Waals surface area contributed by atoms with E-state index in [4.69, 9.17) is 4.74 Å². The van der Waals surface area contributed by atoms with Crippen molar-refractivity contribution in [2.24, 2.45) is 0 Å². The molecule has 3 nitrogen and oxygen atoms in total. The van der Waals surface area contributed by atoms with Crippen molar-refractivity contribution in [3.63, 3.8) is 0 Å². The van der Waals surface area contributed by atoms with Crippen LogP contribution in [0.1, 0.15) is 6.42 Å². The average Bonchev–Trinajstić information content (AvgIpc) is 2.48. The molecule has 0 aliphatic carbocycles. The van der Waals surface area contributed by atoms with Gasteiger partial charge in [-0.25, -0.2) is 0 Å². The Morgan fingerprint density at radius 2 is 2.15 bits per heavy atom. The Hall–Kier alpha value is -0.330. The van der Waals surface area contributed by atoms with Gasteiger partial charge >= 0.3 is 6.18 Å². The molecule has 0 saturated carbocycles. The van der Waals surface area contributed by atoms with E-state index in [-0.39, 0.29) is 12.9 Å². The van der Waals surface area contributed by atoms with Crippen molar-refractivity contribution in [3.8, 4) is 0 Å². The van der Waals surface area contributed by atoms with Gasteiger partial charge in [-0.05, 0) is 13.0 Å². The molecule has 0 amide bonds. The van der Waals surface area contributed by atoms with Crippen LogP contribution in [-0.2, 0) is 9.47 Å². The summed E-state index contributed by atoms with van der Waals surface area (Å²) in [4.78, 5) is 0. The Kier molecular flexibility index (Phi) is 3.95. The van der Waals surface area contributed by atoms with Crippen molar-refractivity contribution in [3.05, 3.63) is 0 Å². The zero-order valence-corrected chi connectivity index (χ0v) is 7.06. The maximum Gasteiger partial charge on any atom is 0.411 e. The summed E-state index contributed by atoms with van der Waals surface area (Å²) in [5, 5.41) is 3.03. The molecule has 1 rings (SSSR count). The van der Waals surface area contributed by atoms with Crippen LogP contribution in [0.2, 0.25) is 0 Å². The lowest BCUT2D eigenvalue weighted by Crippen LogP contribution is -2.22. The molecule has 1 aliphatic rings. The molecule has 0 aromatic rings. The molecule has 6 heteroatoms. The second kappa shape index (κ2) is 4.78. The fraction of sp³-hybridized carbons (Fsp3) is 1.00. The summed E-state index contributed by atoms with van der Waals surface area (Å²) in [5.74, 6) is 0. The number of hydrogen-bond acceptors (Lipinski definition) is 3. The van der Waals surface area contributed by atoms with E-state index in [1.807, 2.05) is 0 Å². The van der Waals surface area contributed by atoms with Crippen LogP contribution in [0.25, 0.3) is 0 Å². The van der Waals surface area contributed by atoms with Gasteiger partial charge in [0.1, 0.15) is 13.4 Å². The lowest BCUT2D eigenvalue weighted by atomic mass is 10.3. The van der Waals surface area contributed by atoms with Gasteiger partial charge in [-0.1, -0.05) is 0 Å². The molecule has 1 saturated heterocycles. The number of rotatable bonds is 4. The van der Waals surface area contributed by atoms with Gasteiger partial charge in [0.15, 0.2) is 0 Å². The van der Waals surface area contributed by atoms with Crippen molar-refractivity contribution >= 4 is 0 Å². The minimum Gasteiger partial charge on any atom is -0.351 e. The summed E-state index contributed by atoms with van der Waals surface area (Å²) < 4.78 is 44.0. The topological polar surface area (TPSA) is 30.5 Å². The third kappa shape index (κ3) is 5.07. The molecule has 0 bridgehead atoms. The molecule has 1 fully saturated rings. The Morgan fingerprint density at radius 3 is 2.69 bits per heavy atom. The van der Waals surface area contributed by atoms with Crippen molar-refractivity contribution in [2.45, 2.75) is 18.7 Å². The van der Waals surface area contributed by atoms with Gasteiger partial charge in [0.2, 0.25) is 0 Å². The van der Waals surface area contributed by atoms with Crippen LogP contribution in [0.15, 0.2) is 0 Å².